The zero-order valence-corrected chi connectivity index (χ0v) is 12.7. The maximum atomic E-state index is 10.8. The number of hydrogen-bond donors (Lipinski definition) is 1. The summed E-state index contributed by atoms with van der Waals surface area (Å²) in [4.78, 5) is 15.5. The molecule has 0 aromatic heterocycles. The topological polar surface area (TPSA) is 59.9 Å². The Hall–Kier alpha value is -0.750. The fraction of sp³-hybridized carbons (Fsp3) is 0.857. The first kappa shape index (κ1) is 14.2. The average molecular weight is 298 g/mol. The molecule has 1 N–H and O–H groups in total. The summed E-state index contributed by atoms with van der Waals surface area (Å²) in [6, 6.07) is 0.355. The maximum Gasteiger partial charge on any atom is 0.302 e. The summed E-state index contributed by atoms with van der Waals surface area (Å²) in [7, 11) is 0. The smallest absolute Gasteiger partial charge is 0.302 e. The van der Waals surface area contributed by atoms with Crippen LogP contribution in [0.1, 0.15) is 39.0 Å². The molecule has 3 fully saturated rings. The number of esters is 1. The van der Waals surface area contributed by atoms with Crippen LogP contribution in [-0.2, 0) is 14.3 Å². The Balaban J connectivity index is 1.44. The van der Waals surface area contributed by atoms with Gasteiger partial charge < -0.3 is 14.8 Å². The number of hydrogen-bond acceptors (Lipinski definition) is 5. The Labute approximate surface area is 123 Å². The highest BCUT2D eigenvalue weighted by molar-refractivity contribution is 8.14. The Bertz CT molecular complexity index is 398. The van der Waals surface area contributed by atoms with Gasteiger partial charge in [-0.05, 0) is 25.2 Å². The minimum absolute atomic E-state index is 0.0280. The zero-order chi connectivity index (χ0) is 13.9. The van der Waals surface area contributed by atoms with Gasteiger partial charge in [0.1, 0.15) is 12.0 Å². The zero-order valence-electron chi connectivity index (χ0n) is 11.8. The molecule has 1 saturated carbocycles. The van der Waals surface area contributed by atoms with Crippen LogP contribution >= 0.6 is 11.8 Å². The number of carbonyl (C=O) groups is 1. The molecule has 3 atom stereocenters. The molecular formula is C14H22N2O3S. The van der Waals surface area contributed by atoms with E-state index in [0.717, 1.165) is 30.5 Å². The summed E-state index contributed by atoms with van der Waals surface area (Å²) >= 11 is 1.68. The molecule has 112 valence electrons. The molecule has 0 aromatic carbocycles. The van der Waals surface area contributed by atoms with Gasteiger partial charge in [-0.15, -0.1) is 0 Å². The highest BCUT2D eigenvalue weighted by Gasteiger charge is 2.38. The molecule has 2 aliphatic heterocycles. The molecule has 3 aliphatic rings. The normalized spacial score (nSPS) is 34.6. The minimum atomic E-state index is -0.241. The second-order valence-corrected chi connectivity index (χ2v) is 6.88. The number of fused-ring (bicyclic) bond motifs is 1. The molecule has 0 amide bonds. The molecule has 1 aliphatic carbocycles. The van der Waals surface area contributed by atoms with Crippen molar-refractivity contribution in [1.82, 2.24) is 5.32 Å². The van der Waals surface area contributed by atoms with Crippen LogP contribution < -0.4 is 5.32 Å². The van der Waals surface area contributed by atoms with Gasteiger partial charge in [-0.3, -0.25) is 9.79 Å². The van der Waals surface area contributed by atoms with Gasteiger partial charge in [0.25, 0.3) is 0 Å². The van der Waals surface area contributed by atoms with Gasteiger partial charge in [-0.1, -0.05) is 24.6 Å². The van der Waals surface area contributed by atoms with E-state index < -0.39 is 0 Å². The van der Waals surface area contributed by atoms with Crippen LogP contribution in [0.25, 0.3) is 0 Å². The van der Waals surface area contributed by atoms with E-state index in [0.29, 0.717) is 12.6 Å². The summed E-state index contributed by atoms with van der Waals surface area (Å²) in [5.74, 6) is 0.688. The molecule has 6 heteroatoms. The Morgan fingerprint density at radius 1 is 1.45 bits per heavy atom. The third-order valence-electron chi connectivity index (χ3n) is 3.95. The van der Waals surface area contributed by atoms with Crippen molar-refractivity contribution in [3.05, 3.63) is 0 Å². The minimum Gasteiger partial charge on any atom is -0.463 e. The molecule has 2 heterocycles. The molecule has 0 radical (unpaired) electrons. The molecule has 0 spiro atoms. The lowest BCUT2D eigenvalue weighted by atomic mass is 10.1. The van der Waals surface area contributed by atoms with Crippen LogP contribution in [0.15, 0.2) is 4.99 Å². The van der Waals surface area contributed by atoms with Crippen molar-refractivity contribution < 1.29 is 14.3 Å². The number of carbonyl (C=O) groups excluding carboxylic acids is 1. The lowest BCUT2D eigenvalue weighted by molar-refractivity contribution is -0.147. The Kier molecular flexibility index (Phi) is 4.51. The Morgan fingerprint density at radius 2 is 2.30 bits per heavy atom. The summed E-state index contributed by atoms with van der Waals surface area (Å²) < 4.78 is 11.0. The quantitative estimate of drug-likeness (QED) is 0.786. The van der Waals surface area contributed by atoms with E-state index in [2.05, 4.69) is 10.3 Å². The van der Waals surface area contributed by atoms with Crippen molar-refractivity contribution in [2.45, 2.75) is 56.6 Å². The highest BCUT2D eigenvalue weighted by Crippen LogP contribution is 2.34. The van der Waals surface area contributed by atoms with Crippen molar-refractivity contribution in [2.24, 2.45) is 10.9 Å². The van der Waals surface area contributed by atoms with Crippen LogP contribution in [0.3, 0.4) is 0 Å². The third-order valence-corrected chi connectivity index (χ3v) is 5.10. The molecule has 2 saturated heterocycles. The number of nitrogens with one attached hydrogen (secondary N) is 1. The molecule has 0 unspecified atom stereocenters. The van der Waals surface area contributed by atoms with E-state index in [4.69, 9.17) is 9.47 Å². The van der Waals surface area contributed by atoms with Crippen LogP contribution in [-0.4, -0.2) is 41.9 Å². The molecule has 5 nitrogen and oxygen atoms in total. The summed E-state index contributed by atoms with van der Waals surface area (Å²) in [6.07, 6.45) is 6.00. The van der Waals surface area contributed by atoms with Crippen LogP contribution in [0.4, 0.5) is 0 Å². The van der Waals surface area contributed by atoms with Gasteiger partial charge in [0, 0.05) is 13.5 Å². The largest absolute Gasteiger partial charge is 0.463 e. The predicted octanol–water partition coefficient (Wildman–Crippen LogP) is 1.92. The molecule has 0 aromatic rings. The number of aliphatic imine (C=N–C) groups is 1. The van der Waals surface area contributed by atoms with Crippen molar-refractivity contribution >= 4 is 22.9 Å². The van der Waals surface area contributed by atoms with E-state index in [1.807, 2.05) is 0 Å². The molecule has 20 heavy (non-hydrogen) atoms. The molecule has 0 bridgehead atoms. The van der Waals surface area contributed by atoms with Gasteiger partial charge in [-0.25, -0.2) is 0 Å². The van der Waals surface area contributed by atoms with E-state index in [1.165, 1.54) is 26.2 Å². The fourth-order valence-electron chi connectivity index (χ4n) is 2.58. The van der Waals surface area contributed by atoms with Gasteiger partial charge in [0.2, 0.25) is 0 Å². The van der Waals surface area contributed by atoms with Gasteiger partial charge in [0.15, 0.2) is 5.17 Å². The van der Waals surface area contributed by atoms with E-state index in [9.17, 15) is 4.79 Å². The second-order valence-electron chi connectivity index (χ2n) is 5.79. The lowest BCUT2D eigenvalue weighted by Crippen LogP contribution is -2.41. The fourth-order valence-corrected chi connectivity index (χ4v) is 3.76. The first-order valence-corrected chi connectivity index (χ1v) is 8.35. The predicted molar refractivity (Wildman–Crippen MR) is 78.7 cm³/mol. The van der Waals surface area contributed by atoms with Crippen LogP contribution in [0.5, 0.6) is 0 Å². The summed E-state index contributed by atoms with van der Waals surface area (Å²) in [6.45, 7) is 2.73. The number of amidine groups is 1. The number of ether oxygens (including phenoxy) is 2. The van der Waals surface area contributed by atoms with Crippen molar-refractivity contribution in [1.29, 1.82) is 0 Å². The van der Waals surface area contributed by atoms with Crippen molar-refractivity contribution in [2.75, 3.05) is 13.2 Å². The Morgan fingerprint density at radius 3 is 3.05 bits per heavy atom. The second kappa shape index (κ2) is 6.35. The SMILES string of the molecule is CC(=O)OC[C@H]1CC[C@H]2NC(=NCCC3CC3)S[C@H]2O1. The summed E-state index contributed by atoms with van der Waals surface area (Å²) in [5, 5.41) is 4.47. The maximum absolute atomic E-state index is 10.8. The van der Waals surface area contributed by atoms with Crippen molar-refractivity contribution in [3.8, 4) is 0 Å². The van der Waals surface area contributed by atoms with E-state index in [-0.39, 0.29) is 17.5 Å². The number of rotatable bonds is 5. The first-order chi connectivity index (χ1) is 9.70. The number of thioether (sulfide) groups is 1. The van der Waals surface area contributed by atoms with E-state index in [1.54, 1.807) is 11.8 Å². The monoisotopic (exact) mass is 298 g/mol. The van der Waals surface area contributed by atoms with Crippen LogP contribution in [0, 0.1) is 5.92 Å². The molecule has 3 rings (SSSR count). The lowest BCUT2D eigenvalue weighted by Gasteiger charge is -2.30. The van der Waals surface area contributed by atoms with Gasteiger partial charge in [0.05, 0.1) is 12.1 Å². The van der Waals surface area contributed by atoms with Gasteiger partial charge >= 0.3 is 5.97 Å². The number of nitrogens with zero attached hydrogens (tertiary/aromatic N) is 1. The highest BCUT2D eigenvalue weighted by atomic mass is 32.2. The average Bonchev–Trinajstić information content (AvgIpc) is 3.14. The van der Waals surface area contributed by atoms with Crippen molar-refractivity contribution in [3.63, 3.8) is 0 Å². The third kappa shape index (κ3) is 3.88. The summed E-state index contributed by atoms with van der Waals surface area (Å²) in [5.41, 5.74) is 0.115. The van der Waals surface area contributed by atoms with E-state index >= 15 is 0 Å². The van der Waals surface area contributed by atoms with Gasteiger partial charge in [-0.2, -0.15) is 0 Å². The first-order valence-electron chi connectivity index (χ1n) is 7.47. The molecular weight excluding hydrogens is 276 g/mol. The van der Waals surface area contributed by atoms with Crippen LogP contribution in [0.2, 0.25) is 0 Å². The standard InChI is InChI=1S/C14H22N2O3S/c1-9(17)18-8-11-4-5-12-13(19-11)20-14(16-12)15-7-6-10-2-3-10/h10-13H,2-8H2,1H3,(H,15,16)/t11-,12-,13-/m1/s1.